The summed E-state index contributed by atoms with van der Waals surface area (Å²) in [5.74, 6) is 6.41. The molecule has 7 heteroatoms. The predicted octanol–water partition coefficient (Wildman–Crippen LogP) is 0.725. The average Bonchev–Trinajstić information content (AvgIpc) is 2.47. The highest BCUT2D eigenvalue weighted by atomic mass is 16.5. The van der Waals surface area contributed by atoms with Crippen LogP contribution in [0.5, 0.6) is 0 Å². The molecule has 2 rings (SSSR count). The zero-order chi connectivity index (χ0) is 14.4. The highest BCUT2D eigenvalue weighted by Gasteiger charge is 2.08. The van der Waals surface area contributed by atoms with Crippen LogP contribution in [0.25, 0.3) is 10.9 Å². The second-order valence-electron chi connectivity index (χ2n) is 4.38. The lowest BCUT2D eigenvalue weighted by Crippen LogP contribution is -2.19. The van der Waals surface area contributed by atoms with E-state index < -0.39 is 6.10 Å². The molecule has 2 aromatic rings. The summed E-state index contributed by atoms with van der Waals surface area (Å²) in [6.45, 7) is 0.900. The number of nitrogens with zero attached hydrogens (tertiary/aromatic N) is 2. The van der Waals surface area contributed by atoms with E-state index in [1.807, 2.05) is 24.3 Å². The van der Waals surface area contributed by atoms with Gasteiger partial charge in [-0.1, -0.05) is 12.1 Å². The van der Waals surface area contributed by atoms with E-state index in [0.29, 0.717) is 31.3 Å². The van der Waals surface area contributed by atoms with Crippen LogP contribution in [0.4, 0.5) is 11.8 Å². The second kappa shape index (κ2) is 6.99. The van der Waals surface area contributed by atoms with E-state index in [1.54, 1.807) is 7.11 Å². The number of nitrogens with one attached hydrogen (secondary N) is 2. The van der Waals surface area contributed by atoms with E-state index in [9.17, 15) is 5.11 Å². The van der Waals surface area contributed by atoms with Crippen molar-refractivity contribution >= 4 is 22.7 Å². The maximum Gasteiger partial charge on any atom is 0.239 e. The number of benzene rings is 1. The Hall–Kier alpha value is -1.96. The van der Waals surface area contributed by atoms with Crippen LogP contribution in [0.1, 0.15) is 6.42 Å². The van der Waals surface area contributed by atoms with Crippen molar-refractivity contribution in [2.24, 2.45) is 5.84 Å². The molecule has 0 saturated heterocycles. The quantitative estimate of drug-likeness (QED) is 0.436. The summed E-state index contributed by atoms with van der Waals surface area (Å²) in [6, 6.07) is 7.65. The summed E-state index contributed by atoms with van der Waals surface area (Å²) in [5, 5.41) is 13.7. The predicted molar refractivity (Wildman–Crippen MR) is 78.3 cm³/mol. The van der Waals surface area contributed by atoms with Gasteiger partial charge in [0.2, 0.25) is 5.95 Å². The van der Waals surface area contributed by atoms with Crippen LogP contribution < -0.4 is 16.6 Å². The fourth-order valence-corrected chi connectivity index (χ4v) is 1.91. The summed E-state index contributed by atoms with van der Waals surface area (Å²) < 4.78 is 4.88. The van der Waals surface area contributed by atoms with Crippen molar-refractivity contribution < 1.29 is 9.84 Å². The van der Waals surface area contributed by atoms with Gasteiger partial charge in [0.05, 0.1) is 18.2 Å². The maximum atomic E-state index is 9.61. The summed E-state index contributed by atoms with van der Waals surface area (Å²) in [4.78, 5) is 8.56. The molecule has 20 heavy (non-hydrogen) atoms. The molecule has 0 fully saturated rings. The largest absolute Gasteiger partial charge is 0.391 e. The molecule has 0 aliphatic rings. The number of fused-ring (bicyclic) bond motifs is 1. The number of rotatable bonds is 7. The summed E-state index contributed by atoms with van der Waals surface area (Å²) >= 11 is 0. The first-order valence-electron chi connectivity index (χ1n) is 6.39. The van der Waals surface area contributed by atoms with Gasteiger partial charge < -0.3 is 15.2 Å². The third-order valence-electron chi connectivity index (χ3n) is 2.86. The van der Waals surface area contributed by atoms with E-state index in [4.69, 9.17) is 10.6 Å². The standard InChI is InChI=1S/C13H19N5O2/c1-20-8-9(19)6-7-15-12-10-4-2-3-5-11(10)16-13(17-12)18-14/h2-5,9,19H,6-8,14H2,1H3,(H2,15,16,17,18). The molecule has 1 atom stereocenters. The Morgan fingerprint density at radius 3 is 2.90 bits per heavy atom. The molecule has 0 saturated carbocycles. The van der Waals surface area contributed by atoms with Crippen molar-refractivity contribution in [3.8, 4) is 0 Å². The lowest BCUT2D eigenvalue weighted by atomic mass is 10.2. The van der Waals surface area contributed by atoms with Gasteiger partial charge in [-0.15, -0.1) is 0 Å². The maximum absolute atomic E-state index is 9.61. The zero-order valence-electron chi connectivity index (χ0n) is 11.3. The fourth-order valence-electron chi connectivity index (χ4n) is 1.91. The van der Waals surface area contributed by atoms with E-state index in [-0.39, 0.29) is 0 Å². The molecule has 7 nitrogen and oxygen atoms in total. The van der Waals surface area contributed by atoms with E-state index in [0.717, 1.165) is 10.9 Å². The van der Waals surface area contributed by atoms with Crippen LogP contribution in [0.2, 0.25) is 0 Å². The van der Waals surface area contributed by atoms with Crippen molar-refractivity contribution in [1.29, 1.82) is 0 Å². The molecular weight excluding hydrogens is 258 g/mol. The molecule has 108 valence electrons. The minimum Gasteiger partial charge on any atom is -0.391 e. The molecule has 0 aliphatic heterocycles. The first kappa shape index (κ1) is 14.4. The third kappa shape index (κ3) is 3.53. The van der Waals surface area contributed by atoms with Crippen LogP contribution in [-0.4, -0.2) is 41.4 Å². The van der Waals surface area contributed by atoms with Gasteiger partial charge >= 0.3 is 0 Å². The molecule has 0 bridgehead atoms. The van der Waals surface area contributed by atoms with Crippen molar-refractivity contribution in [3.63, 3.8) is 0 Å². The van der Waals surface area contributed by atoms with Gasteiger partial charge in [-0.2, -0.15) is 4.98 Å². The monoisotopic (exact) mass is 277 g/mol. The number of nitrogens with two attached hydrogens (primary N) is 1. The van der Waals surface area contributed by atoms with Crippen LogP contribution in [-0.2, 0) is 4.74 Å². The molecule has 0 aliphatic carbocycles. The molecular formula is C13H19N5O2. The first-order chi connectivity index (χ1) is 9.74. The molecule has 5 N–H and O–H groups in total. The van der Waals surface area contributed by atoms with Crippen molar-refractivity contribution in [3.05, 3.63) is 24.3 Å². The summed E-state index contributed by atoms with van der Waals surface area (Å²) in [6.07, 6.45) is 0.0742. The number of hydrogen-bond acceptors (Lipinski definition) is 7. The van der Waals surface area contributed by atoms with Crippen LogP contribution in [0, 0.1) is 0 Å². The Labute approximate surface area is 117 Å². The number of para-hydroxylation sites is 1. The van der Waals surface area contributed by atoms with Crippen LogP contribution in [0.3, 0.4) is 0 Å². The molecule has 1 heterocycles. The van der Waals surface area contributed by atoms with Gasteiger partial charge in [0, 0.05) is 19.0 Å². The molecule has 1 aromatic carbocycles. The van der Waals surface area contributed by atoms with Gasteiger partial charge in [0.15, 0.2) is 0 Å². The number of hydrogen-bond donors (Lipinski definition) is 4. The highest BCUT2D eigenvalue weighted by Crippen LogP contribution is 2.21. The number of aliphatic hydroxyl groups excluding tert-OH is 1. The Kier molecular flexibility index (Phi) is 5.05. The summed E-state index contributed by atoms with van der Waals surface area (Å²) in [5.41, 5.74) is 3.25. The summed E-state index contributed by atoms with van der Waals surface area (Å²) in [7, 11) is 1.56. The van der Waals surface area contributed by atoms with Gasteiger partial charge in [0.1, 0.15) is 5.82 Å². The molecule has 0 amide bonds. The van der Waals surface area contributed by atoms with Gasteiger partial charge in [-0.05, 0) is 18.6 Å². The Morgan fingerprint density at radius 2 is 2.15 bits per heavy atom. The number of hydrazine groups is 1. The van der Waals surface area contributed by atoms with Crippen LogP contribution in [0.15, 0.2) is 24.3 Å². The topological polar surface area (TPSA) is 105 Å². The van der Waals surface area contributed by atoms with Crippen molar-refractivity contribution in [1.82, 2.24) is 9.97 Å². The zero-order valence-corrected chi connectivity index (χ0v) is 11.3. The minimum absolute atomic E-state index is 0.321. The number of nitrogen functional groups attached to an aromatic ring is 1. The number of methoxy groups -OCH3 is 1. The van der Waals surface area contributed by atoms with Gasteiger partial charge in [-0.25, -0.2) is 10.8 Å². The average molecular weight is 277 g/mol. The van der Waals surface area contributed by atoms with Gasteiger partial charge in [-0.3, -0.25) is 5.43 Å². The number of anilines is 2. The lowest BCUT2D eigenvalue weighted by Gasteiger charge is -2.12. The number of aromatic nitrogens is 2. The first-order valence-corrected chi connectivity index (χ1v) is 6.39. The molecule has 1 aromatic heterocycles. The van der Waals surface area contributed by atoms with Crippen LogP contribution >= 0.6 is 0 Å². The van der Waals surface area contributed by atoms with E-state index >= 15 is 0 Å². The van der Waals surface area contributed by atoms with E-state index in [2.05, 4.69) is 20.7 Å². The lowest BCUT2D eigenvalue weighted by molar-refractivity contribution is 0.0615. The highest BCUT2D eigenvalue weighted by molar-refractivity contribution is 5.89. The Bertz CT molecular complexity index is 563. The minimum atomic E-state index is -0.493. The molecule has 0 radical (unpaired) electrons. The van der Waals surface area contributed by atoms with Crippen molar-refractivity contribution in [2.45, 2.75) is 12.5 Å². The Balaban J connectivity index is 2.12. The third-order valence-corrected chi connectivity index (χ3v) is 2.86. The number of aliphatic hydroxyl groups is 1. The number of ether oxygens (including phenoxy) is 1. The smallest absolute Gasteiger partial charge is 0.239 e. The van der Waals surface area contributed by atoms with Crippen molar-refractivity contribution in [2.75, 3.05) is 31.0 Å². The molecule has 0 spiro atoms. The SMILES string of the molecule is COCC(O)CCNc1nc(NN)nc2ccccc12. The molecule has 1 unspecified atom stereocenters. The fraction of sp³-hybridized carbons (Fsp3) is 0.385. The van der Waals surface area contributed by atoms with E-state index in [1.165, 1.54) is 0 Å². The Morgan fingerprint density at radius 1 is 1.35 bits per heavy atom. The van der Waals surface area contributed by atoms with Gasteiger partial charge in [0.25, 0.3) is 0 Å². The second-order valence-corrected chi connectivity index (χ2v) is 4.38. The normalized spacial score (nSPS) is 12.3.